The zero-order valence-corrected chi connectivity index (χ0v) is 14.1. The van der Waals surface area contributed by atoms with Gasteiger partial charge in [0, 0.05) is 5.02 Å². The molecule has 2 unspecified atom stereocenters. The third-order valence-electron chi connectivity index (χ3n) is 3.48. The van der Waals surface area contributed by atoms with Gasteiger partial charge in [0.1, 0.15) is 24.6 Å². The van der Waals surface area contributed by atoms with E-state index in [9.17, 15) is 9.59 Å². The minimum Gasteiger partial charge on any atom is -0.473 e. The van der Waals surface area contributed by atoms with Gasteiger partial charge in [-0.3, -0.25) is 0 Å². The maximum Gasteiger partial charge on any atom is 0.334 e. The number of pyridine rings is 1. The minimum atomic E-state index is -0.743. The van der Waals surface area contributed by atoms with Gasteiger partial charge in [-0.25, -0.2) is 24.6 Å². The van der Waals surface area contributed by atoms with Gasteiger partial charge >= 0.3 is 11.9 Å². The van der Waals surface area contributed by atoms with Crippen molar-refractivity contribution >= 4 is 35.3 Å². The summed E-state index contributed by atoms with van der Waals surface area (Å²) in [5.74, 6) is -0.659. The van der Waals surface area contributed by atoms with Crippen LogP contribution in [0.2, 0.25) is 5.02 Å². The Morgan fingerprint density at radius 1 is 1.00 bits per heavy atom. The molecular formula is C15H14ClN3O6. The molecule has 0 fully saturated rings. The Labute approximate surface area is 147 Å². The lowest BCUT2D eigenvalue weighted by atomic mass is 10.3. The predicted molar refractivity (Wildman–Crippen MR) is 85.8 cm³/mol. The Balaban J connectivity index is 1.87. The molecule has 3 heterocycles. The maximum absolute atomic E-state index is 11.5. The summed E-state index contributed by atoms with van der Waals surface area (Å²) in [4.78, 5) is 35.7. The highest BCUT2D eigenvalue weighted by Gasteiger charge is 2.30. The number of carbonyl (C=O) groups excluding carboxylic acids is 2. The van der Waals surface area contributed by atoms with Crippen LogP contribution in [0.1, 0.15) is 11.4 Å². The number of rotatable bonds is 4. The molecular weight excluding hydrogens is 354 g/mol. The van der Waals surface area contributed by atoms with Crippen LogP contribution in [0.15, 0.2) is 22.1 Å². The minimum absolute atomic E-state index is 0.0629. The Kier molecular flexibility index (Phi) is 4.84. The Morgan fingerprint density at radius 2 is 1.44 bits per heavy atom. The summed E-state index contributed by atoms with van der Waals surface area (Å²) in [6.07, 6.45) is 0. The quantitative estimate of drug-likeness (QED) is 0.707. The Hall–Kier alpha value is -2.68. The van der Waals surface area contributed by atoms with Crippen molar-refractivity contribution < 1.29 is 28.5 Å². The van der Waals surface area contributed by atoms with Crippen molar-refractivity contribution in [3.05, 3.63) is 28.5 Å². The maximum atomic E-state index is 11.5. The first-order valence-corrected chi connectivity index (χ1v) is 7.64. The van der Waals surface area contributed by atoms with Crippen LogP contribution in [-0.2, 0) is 28.5 Å². The van der Waals surface area contributed by atoms with Crippen LogP contribution in [0.5, 0.6) is 0 Å². The lowest BCUT2D eigenvalue weighted by molar-refractivity contribution is -0.143. The Bertz CT molecular complexity index is 718. The first-order chi connectivity index (χ1) is 12.0. The van der Waals surface area contributed by atoms with E-state index in [0.29, 0.717) is 16.4 Å². The summed E-state index contributed by atoms with van der Waals surface area (Å²) in [7, 11) is 2.55. The van der Waals surface area contributed by atoms with Gasteiger partial charge in [0.15, 0.2) is 12.1 Å². The van der Waals surface area contributed by atoms with E-state index in [-0.39, 0.29) is 25.0 Å². The van der Waals surface area contributed by atoms with E-state index in [4.69, 9.17) is 21.1 Å². The van der Waals surface area contributed by atoms with Crippen LogP contribution in [0.4, 0.5) is 0 Å². The smallest absolute Gasteiger partial charge is 0.334 e. The fraction of sp³-hybridized carbons (Fsp3) is 0.400. The normalized spacial score (nSPS) is 21.7. The molecule has 1 aromatic rings. The molecule has 0 radical (unpaired) electrons. The number of methoxy groups -OCH3 is 2. The summed E-state index contributed by atoms with van der Waals surface area (Å²) < 4.78 is 20.1. The molecule has 2 aliphatic rings. The number of hydrogen-bond acceptors (Lipinski definition) is 9. The molecule has 0 saturated heterocycles. The van der Waals surface area contributed by atoms with Crippen LogP contribution >= 0.6 is 11.6 Å². The van der Waals surface area contributed by atoms with E-state index in [1.165, 1.54) is 26.4 Å². The van der Waals surface area contributed by atoms with Crippen molar-refractivity contribution in [2.45, 2.75) is 12.1 Å². The second kappa shape index (κ2) is 7.06. The number of nitrogens with zero attached hydrogens (tertiary/aromatic N) is 3. The van der Waals surface area contributed by atoms with Crippen LogP contribution in [0.3, 0.4) is 0 Å². The van der Waals surface area contributed by atoms with Gasteiger partial charge in [-0.1, -0.05) is 11.6 Å². The van der Waals surface area contributed by atoms with Gasteiger partial charge in [0.25, 0.3) is 0 Å². The van der Waals surface area contributed by atoms with Gasteiger partial charge in [-0.2, -0.15) is 0 Å². The monoisotopic (exact) mass is 367 g/mol. The number of ether oxygens (including phenoxy) is 4. The molecule has 2 atom stereocenters. The molecule has 3 rings (SSSR count). The summed E-state index contributed by atoms with van der Waals surface area (Å²) >= 11 is 6.11. The molecule has 0 spiro atoms. The molecule has 10 heteroatoms. The van der Waals surface area contributed by atoms with Crippen LogP contribution in [0, 0.1) is 0 Å². The molecule has 0 amide bonds. The van der Waals surface area contributed by atoms with E-state index in [1.54, 1.807) is 0 Å². The molecule has 1 aromatic heterocycles. The molecule has 0 saturated carbocycles. The number of carbonyl (C=O) groups is 2. The van der Waals surface area contributed by atoms with E-state index in [1.807, 2.05) is 0 Å². The molecule has 0 aromatic carbocycles. The van der Waals surface area contributed by atoms with E-state index in [0.717, 1.165) is 0 Å². The summed E-state index contributed by atoms with van der Waals surface area (Å²) in [5.41, 5.74) is 0.642. The van der Waals surface area contributed by atoms with Crippen molar-refractivity contribution in [3.63, 3.8) is 0 Å². The predicted octanol–water partition coefficient (Wildman–Crippen LogP) is 0.372. The molecule has 0 bridgehead atoms. The largest absolute Gasteiger partial charge is 0.473 e. The number of halogens is 1. The number of aliphatic imine (C=N–C) groups is 2. The van der Waals surface area contributed by atoms with Crippen LogP contribution in [-0.4, -0.2) is 68.2 Å². The second-order valence-electron chi connectivity index (χ2n) is 5.12. The number of esters is 2. The third kappa shape index (κ3) is 3.55. The fourth-order valence-corrected chi connectivity index (χ4v) is 2.46. The van der Waals surface area contributed by atoms with Gasteiger partial charge in [0.2, 0.25) is 11.8 Å². The number of hydrogen-bond donors (Lipinski definition) is 0. The molecule has 9 nitrogen and oxygen atoms in total. The molecule has 0 N–H and O–H groups in total. The van der Waals surface area contributed by atoms with Gasteiger partial charge < -0.3 is 18.9 Å². The summed E-state index contributed by atoms with van der Waals surface area (Å²) in [5, 5.41) is 0.348. The average Bonchev–Trinajstić information content (AvgIpc) is 3.29. The van der Waals surface area contributed by atoms with Crippen molar-refractivity contribution in [1.29, 1.82) is 0 Å². The SMILES string of the molecule is COC(=O)C1COC(c2cc(Cl)cc(C3=NC(C(=O)OC)CO3)n2)=N1. The van der Waals surface area contributed by atoms with Gasteiger partial charge in [0.05, 0.1) is 14.2 Å². The highest BCUT2D eigenvalue weighted by Crippen LogP contribution is 2.20. The first kappa shape index (κ1) is 17.2. The zero-order valence-electron chi connectivity index (χ0n) is 13.4. The lowest BCUT2D eigenvalue weighted by Gasteiger charge is -2.05. The molecule has 2 aliphatic heterocycles. The third-order valence-corrected chi connectivity index (χ3v) is 3.70. The fourth-order valence-electron chi connectivity index (χ4n) is 2.26. The summed E-state index contributed by atoms with van der Waals surface area (Å²) in [6.45, 7) is 0.126. The van der Waals surface area contributed by atoms with Crippen molar-refractivity contribution in [2.24, 2.45) is 9.98 Å². The van der Waals surface area contributed by atoms with Gasteiger partial charge in [-0.05, 0) is 12.1 Å². The highest BCUT2D eigenvalue weighted by molar-refractivity contribution is 6.31. The second-order valence-corrected chi connectivity index (χ2v) is 5.56. The molecule has 132 valence electrons. The molecule has 0 aliphatic carbocycles. The highest BCUT2D eigenvalue weighted by atomic mass is 35.5. The topological polar surface area (TPSA) is 109 Å². The van der Waals surface area contributed by atoms with E-state index in [2.05, 4.69) is 24.4 Å². The standard InChI is InChI=1S/C15H14ClN3O6/c1-22-14(20)10-5-24-12(18-10)8-3-7(16)4-9(17-8)13-19-11(6-25-13)15(21)23-2/h3-4,10-11H,5-6H2,1-2H3. The van der Waals surface area contributed by atoms with Gasteiger partial charge in [-0.15, -0.1) is 0 Å². The Morgan fingerprint density at radius 3 is 1.84 bits per heavy atom. The zero-order chi connectivity index (χ0) is 18.0. The first-order valence-electron chi connectivity index (χ1n) is 7.27. The van der Waals surface area contributed by atoms with Crippen LogP contribution in [0.25, 0.3) is 0 Å². The van der Waals surface area contributed by atoms with E-state index < -0.39 is 24.0 Å². The van der Waals surface area contributed by atoms with Crippen molar-refractivity contribution in [1.82, 2.24) is 4.98 Å². The average molecular weight is 368 g/mol. The summed E-state index contributed by atoms with van der Waals surface area (Å²) in [6, 6.07) is 1.59. The van der Waals surface area contributed by atoms with E-state index >= 15 is 0 Å². The van der Waals surface area contributed by atoms with Crippen molar-refractivity contribution in [3.8, 4) is 0 Å². The lowest BCUT2D eigenvalue weighted by Crippen LogP contribution is -2.21. The van der Waals surface area contributed by atoms with Crippen LogP contribution < -0.4 is 0 Å². The molecule has 25 heavy (non-hydrogen) atoms. The van der Waals surface area contributed by atoms with Crippen molar-refractivity contribution in [2.75, 3.05) is 27.4 Å². The number of aromatic nitrogens is 1.